The second-order valence-corrected chi connectivity index (χ2v) is 9.86. The van der Waals surface area contributed by atoms with Crippen LogP contribution in [0.25, 0.3) is 0 Å². The summed E-state index contributed by atoms with van der Waals surface area (Å²) < 4.78 is 0. The van der Waals surface area contributed by atoms with E-state index in [1.165, 1.54) is 0 Å². The lowest BCUT2D eigenvalue weighted by Gasteiger charge is -2.32. The van der Waals surface area contributed by atoms with Crippen LogP contribution in [0.15, 0.2) is 0 Å². The number of nitrogens with one attached hydrogen (secondary N) is 4. The molecule has 0 unspecified atom stereocenters. The summed E-state index contributed by atoms with van der Waals surface area (Å²) in [5.74, 6) is -6.57. The Morgan fingerprint density at radius 3 is 0.955 bits per heavy atom. The van der Waals surface area contributed by atoms with Crippen molar-refractivity contribution in [2.45, 2.75) is 0 Å². The molecule has 0 aromatic heterocycles. The number of hydrogen-bond donors (Lipinski definition) is 8. The van der Waals surface area contributed by atoms with Gasteiger partial charge < -0.3 is 42.3 Å². The highest BCUT2D eigenvalue weighted by atomic mass is 16.4. The van der Waals surface area contributed by atoms with Gasteiger partial charge >= 0.3 is 17.9 Å². The first-order chi connectivity index (χ1) is 20.7. The van der Waals surface area contributed by atoms with E-state index < -0.39 is 73.6 Å². The molecule has 0 saturated carbocycles. The smallest absolute Gasteiger partial charge is 0.317 e. The van der Waals surface area contributed by atoms with Crippen molar-refractivity contribution in [3.8, 4) is 0 Å². The van der Waals surface area contributed by atoms with E-state index in [9.17, 15) is 53.7 Å². The number of rotatable bonds is 16. The van der Waals surface area contributed by atoms with Gasteiger partial charge in [-0.2, -0.15) is 0 Å². The summed E-state index contributed by atoms with van der Waals surface area (Å²) in [4.78, 5) is 99.2. The number of carboxylic acids is 3. The standard InChI is InChI=1S/C24H41N9O11/c25-17(34)9-26-18(35)10-27-19(36)11-28-20(37)12-29-21(38)13-30-1-3-31(14-22(39)40)5-7-33(16-24(43)44)8-6-32(4-2-30)15-23(41)42/h1-16H2,(H2,25,34)(H,26,35)(H,27,36)(H,28,37)(H,29,38)(H,39,40)(H,41,42)(H,43,44). The number of carbonyl (C=O) groups excluding carboxylic acids is 5. The van der Waals surface area contributed by atoms with Crippen LogP contribution < -0.4 is 27.0 Å². The Morgan fingerprint density at radius 1 is 0.432 bits per heavy atom. The Hall–Kier alpha value is -4.40. The maximum Gasteiger partial charge on any atom is 0.317 e. The van der Waals surface area contributed by atoms with Crippen molar-refractivity contribution in [2.75, 3.05) is 105 Å². The minimum Gasteiger partial charge on any atom is -0.480 e. The first-order valence-electron chi connectivity index (χ1n) is 13.6. The van der Waals surface area contributed by atoms with Crippen LogP contribution in [0.3, 0.4) is 0 Å². The summed E-state index contributed by atoms with van der Waals surface area (Å²) in [5, 5.41) is 36.9. The third-order valence-corrected chi connectivity index (χ3v) is 6.17. The average Bonchev–Trinajstić information content (AvgIpc) is 2.93. The largest absolute Gasteiger partial charge is 0.480 e. The molecule has 1 rings (SSSR count). The van der Waals surface area contributed by atoms with E-state index in [1.54, 1.807) is 19.6 Å². The molecule has 0 bridgehead atoms. The molecule has 1 heterocycles. The zero-order valence-electron chi connectivity index (χ0n) is 24.3. The molecule has 0 aromatic carbocycles. The zero-order valence-corrected chi connectivity index (χ0v) is 24.3. The lowest BCUT2D eigenvalue weighted by Crippen LogP contribution is -2.50. The first-order valence-corrected chi connectivity index (χ1v) is 13.6. The van der Waals surface area contributed by atoms with Gasteiger partial charge in [-0.3, -0.25) is 58.0 Å². The van der Waals surface area contributed by atoms with Crippen LogP contribution >= 0.6 is 0 Å². The molecule has 9 N–H and O–H groups in total. The van der Waals surface area contributed by atoms with Crippen molar-refractivity contribution in [1.29, 1.82) is 0 Å². The maximum atomic E-state index is 12.6. The van der Waals surface area contributed by atoms with E-state index in [0.717, 1.165) is 0 Å². The number of primary amides is 1. The Kier molecular flexibility index (Phi) is 17.5. The van der Waals surface area contributed by atoms with Gasteiger partial charge in [0.1, 0.15) is 0 Å². The number of hydrogen-bond acceptors (Lipinski definition) is 12. The van der Waals surface area contributed by atoms with E-state index in [4.69, 9.17) is 5.73 Å². The van der Waals surface area contributed by atoms with Gasteiger partial charge in [-0.1, -0.05) is 0 Å². The topological polar surface area (TPSA) is 284 Å². The molecule has 0 aliphatic carbocycles. The van der Waals surface area contributed by atoms with Crippen molar-refractivity contribution >= 4 is 47.4 Å². The Bertz CT molecular complexity index is 1010. The molecule has 0 aromatic rings. The zero-order chi connectivity index (χ0) is 33.1. The molecular weight excluding hydrogens is 590 g/mol. The van der Waals surface area contributed by atoms with Crippen molar-refractivity contribution in [3.05, 3.63) is 0 Å². The van der Waals surface area contributed by atoms with Crippen molar-refractivity contribution in [3.63, 3.8) is 0 Å². The lowest BCUT2D eigenvalue weighted by atomic mass is 10.3. The average molecular weight is 632 g/mol. The number of nitrogens with two attached hydrogens (primary N) is 1. The van der Waals surface area contributed by atoms with E-state index in [2.05, 4.69) is 21.3 Å². The van der Waals surface area contributed by atoms with Crippen molar-refractivity contribution < 1.29 is 53.7 Å². The molecular formula is C24H41N9O11. The predicted octanol–water partition coefficient (Wildman–Crippen LogP) is -6.59. The lowest BCUT2D eigenvalue weighted by molar-refractivity contribution is -0.140. The number of carbonyl (C=O) groups is 8. The van der Waals surface area contributed by atoms with Crippen molar-refractivity contribution in [2.24, 2.45) is 5.73 Å². The van der Waals surface area contributed by atoms with Crippen LogP contribution in [-0.4, -0.2) is 187 Å². The first kappa shape index (κ1) is 37.6. The number of carboxylic acid groups (broad SMARTS) is 3. The second-order valence-electron chi connectivity index (χ2n) is 9.86. The van der Waals surface area contributed by atoms with Crippen LogP contribution in [0.4, 0.5) is 0 Å². The summed E-state index contributed by atoms with van der Waals surface area (Å²) in [5.41, 5.74) is 4.89. The highest BCUT2D eigenvalue weighted by molar-refractivity contribution is 5.91. The molecule has 1 aliphatic rings. The van der Waals surface area contributed by atoms with Gasteiger partial charge in [0, 0.05) is 52.4 Å². The third kappa shape index (κ3) is 18.9. The molecule has 1 saturated heterocycles. The van der Waals surface area contributed by atoms with Gasteiger partial charge in [0.05, 0.1) is 52.4 Å². The Morgan fingerprint density at radius 2 is 0.682 bits per heavy atom. The van der Waals surface area contributed by atoms with Gasteiger partial charge in [-0.25, -0.2) is 0 Å². The van der Waals surface area contributed by atoms with Crippen LogP contribution in [0.1, 0.15) is 0 Å². The van der Waals surface area contributed by atoms with Gasteiger partial charge in [-0.15, -0.1) is 0 Å². The van der Waals surface area contributed by atoms with E-state index in [1.807, 2.05) is 0 Å². The maximum absolute atomic E-state index is 12.6. The summed E-state index contributed by atoms with van der Waals surface area (Å²) in [6.07, 6.45) is 0. The van der Waals surface area contributed by atoms with Gasteiger partial charge in [0.2, 0.25) is 29.5 Å². The fraction of sp³-hybridized carbons (Fsp3) is 0.667. The molecule has 20 nitrogen and oxygen atoms in total. The fourth-order valence-corrected chi connectivity index (χ4v) is 3.95. The molecule has 1 fully saturated rings. The quantitative estimate of drug-likeness (QED) is 0.0786. The highest BCUT2D eigenvalue weighted by Crippen LogP contribution is 2.01. The molecule has 0 atom stereocenters. The third-order valence-electron chi connectivity index (χ3n) is 6.17. The molecule has 44 heavy (non-hydrogen) atoms. The monoisotopic (exact) mass is 631 g/mol. The van der Waals surface area contributed by atoms with E-state index >= 15 is 0 Å². The highest BCUT2D eigenvalue weighted by Gasteiger charge is 2.21. The van der Waals surface area contributed by atoms with Gasteiger partial charge in [0.15, 0.2) is 0 Å². The second kappa shape index (κ2) is 20.5. The summed E-state index contributed by atoms with van der Waals surface area (Å²) in [6.45, 7) is -1.08. The summed E-state index contributed by atoms with van der Waals surface area (Å²) in [6, 6.07) is 0. The molecule has 0 spiro atoms. The molecule has 20 heteroatoms. The minimum atomic E-state index is -1.08. The van der Waals surface area contributed by atoms with Crippen LogP contribution in [0, 0.1) is 0 Å². The molecule has 248 valence electrons. The van der Waals surface area contributed by atoms with Gasteiger partial charge in [-0.05, 0) is 0 Å². The van der Waals surface area contributed by atoms with Crippen molar-refractivity contribution in [1.82, 2.24) is 40.9 Å². The number of nitrogens with zero attached hydrogens (tertiary/aromatic N) is 4. The van der Waals surface area contributed by atoms with E-state index in [0.29, 0.717) is 0 Å². The molecule has 5 amide bonds. The minimum absolute atomic E-state index is 0.193. The molecule has 1 aliphatic heterocycles. The summed E-state index contributed by atoms with van der Waals surface area (Å²) >= 11 is 0. The SMILES string of the molecule is NC(=O)CNC(=O)CNC(=O)CNC(=O)CNC(=O)CN1CCN(CC(=O)O)CCN(CC(=O)O)CCN(CC(=O)O)CC1. The van der Waals surface area contributed by atoms with Crippen LogP contribution in [0.5, 0.6) is 0 Å². The van der Waals surface area contributed by atoms with E-state index in [-0.39, 0.29) is 78.5 Å². The Labute approximate surface area is 252 Å². The number of aliphatic carboxylic acids is 3. The van der Waals surface area contributed by atoms with Crippen LogP contribution in [0.2, 0.25) is 0 Å². The van der Waals surface area contributed by atoms with Crippen LogP contribution in [-0.2, 0) is 38.4 Å². The number of amides is 5. The predicted molar refractivity (Wildman–Crippen MR) is 150 cm³/mol. The Balaban J connectivity index is 2.68. The van der Waals surface area contributed by atoms with Gasteiger partial charge in [0.25, 0.3) is 0 Å². The fourth-order valence-electron chi connectivity index (χ4n) is 3.95. The normalized spacial score (nSPS) is 16.0. The summed E-state index contributed by atoms with van der Waals surface area (Å²) in [7, 11) is 0. The molecule has 0 radical (unpaired) electrons.